The van der Waals surface area contributed by atoms with Gasteiger partial charge in [0.15, 0.2) is 0 Å². The van der Waals surface area contributed by atoms with Gasteiger partial charge in [0.05, 0.1) is 23.1 Å². The summed E-state index contributed by atoms with van der Waals surface area (Å²) in [4.78, 5) is 0.00769. The van der Waals surface area contributed by atoms with Crippen LogP contribution >= 0.6 is 22.9 Å². The number of methoxy groups -OCH3 is 1. The van der Waals surface area contributed by atoms with Crippen LogP contribution in [0.15, 0.2) is 64.2 Å². The van der Waals surface area contributed by atoms with Crippen molar-refractivity contribution < 1.29 is 18.3 Å². The fourth-order valence-corrected chi connectivity index (χ4v) is 4.58. The van der Waals surface area contributed by atoms with Crippen molar-refractivity contribution in [3.63, 3.8) is 0 Å². The number of aliphatic hydroxyl groups is 1. The molecule has 0 unspecified atom stereocenters. The lowest BCUT2D eigenvalue weighted by atomic mass is 10.0. The summed E-state index contributed by atoms with van der Waals surface area (Å²) in [6, 6.07) is 13.6. The third-order valence-electron chi connectivity index (χ3n) is 4.05. The van der Waals surface area contributed by atoms with E-state index in [1.807, 2.05) is 29.0 Å². The molecule has 5 nitrogen and oxygen atoms in total. The van der Waals surface area contributed by atoms with Gasteiger partial charge in [0.1, 0.15) is 5.75 Å². The van der Waals surface area contributed by atoms with Crippen LogP contribution in [0.2, 0.25) is 5.02 Å². The van der Waals surface area contributed by atoms with Gasteiger partial charge in [-0.1, -0.05) is 35.9 Å². The van der Waals surface area contributed by atoms with Gasteiger partial charge in [-0.15, -0.1) is 0 Å². The molecule has 0 spiro atoms. The number of nitrogens with one attached hydrogen (secondary N) is 1. The number of halogens is 1. The molecule has 142 valence electrons. The molecule has 0 aliphatic rings. The van der Waals surface area contributed by atoms with Crippen molar-refractivity contribution in [3.05, 3.63) is 69.9 Å². The Morgan fingerprint density at radius 3 is 2.48 bits per heavy atom. The lowest BCUT2D eigenvalue weighted by molar-refractivity contribution is 0.182. The Bertz CT molecular complexity index is 1000. The number of rotatable bonds is 7. The zero-order valence-corrected chi connectivity index (χ0v) is 16.8. The predicted molar refractivity (Wildman–Crippen MR) is 108 cm³/mol. The first-order valence-corrected chi connectivity index (χ1v) is 10.8. The maximum atomic E-state index is 12.4. The number of hydrogen-bond acceptors (Lipinski definition) is 5. The lowest BCUT2D eigenvalue weighted by Crippen LogP contribution is -2.28. The van der Waals surface area contributed by atoms with Crippen LogP contribution in [0.5, 0.6) is 5.75 Å². The molecule has 2 N–H and O–H groups in total. The smallest absolute Gasteiger partial charge is 0.240 e. The first-order valence-electron chi connectivity index (χ1n) is 8.04. The van der Waals surface area contributed by atoms with Crippen LogP contribution in [-0.4, -0.2) is 27.2 Å². The van der Waals surface area contributed by atoms with Gasteiger partial charge in [-0.25, -0.2) is 13.1 Å². The second kappa shape index (κ2) is 8.41. The zero-order chi connectivity index (χ0) is 19.4. The fourth-order valence-electron chi connectivity index (χ4n) is 2.53. The summed E-state index contributed by atoms with van der Waals surface area (Å²) in [5.74, 6) is 0.390. The van der Waals surface area contributed by atoms with E-state index in [1.54, 1.807) is 23.5 Å². The molecule has 1 heterocycles. The lowest BCUT2D eigenvalue weighted by Gasteiger charge is -2.14. The Hall–Kier alpha value is -1.90. The van der Waals surface area contributed by atoms with Gasteiger partial charge in [-0.05, 0) is 51.7 Å². The molecule has 0 saturated heterocycles. The molecular weight excluding hydrogens is 406 g/mol. The Labute approximate surface area is 167 Å². The number of ether oxygens (including phenoxy) is 1. The van der Waals surface area contributed by atoms with Crippen LogP contribution in [0, 0.1) is 0 Å². The zero-order valence-electron chi connectivity index (χ0n) is 14.4. The Kier molecular flexibility index (Phi) is 6.18. The molecule has 27 heavy (non-hydrogen) atoms. The second-order valence-corrected chi connectivity index (χ2v) is 8.75. The van der Waals surface area contributed by atoms with Crippen molar-refractivity contribution in [2.24, 2.45) is 0 Å². The number of thiophene rings is 1. The molecule has 0 aliphatic heterocycles. The number of sulfonamides is 1. The number of benzene rings is 2. The van der Waals surface area contributed by atoms with Crippen molar-refractivity contribution in [3.8, 4) is 16.9 Å². The normalized spacial score (nSPS) is 12.7. The minimum atomic E-state index is -3.80. The van der Waals surface area contributed by atoms with E-state index in [2.05, 4.69) is 4.72 Å². The van der Waals surface area contributed by atoms with Gasteiger partial charge in [0.2, 0.25) is 10.0 Å². The van der Waals surface area contributed by atoms with Crippen LogP contribution in [0.1, 0.15) is 11.7 Å². The van der Waals surface area contributed by atoms with Crippen LogP contribution < -0.4 is 9.46 Å². The van der Waals surface area contributed by atoms with E-state index in [0.29, 0.717) is 11.3 Å². The molecule has 2 aromatic carbocycles. The van der Waals surface area contributed by atoms with E-state index in [1.165, 1.54) is 25.3 Å². The molecule has 0 saturated carbocycles. The topological polar surface area (TPSA) is 75.6 Å². The summed E-state index contributed by atoms with van der Waals surface area (Å²) in [7, 11) is -2.35. The predicted octanol–water partition coefficient (Wildman–Crippen LogP) is 4.09. The number of aliphatic hydroxyl groups excluding tert-OH is 1. The molecule has 3 rings (SSSR count). The van der Waals surface area contributed by atoms with Gasteiger partial charge < -0.3 is 9.84 Å². The SMILES string of the molecule is COc1ccc(S(=O)(=O)NC[C@H](O)c2ccc(-c3ccsc3)cc2)cc1Cl. The quantitative estimate of drug-likeness (QED) is 0.600. The van der Waals surface area contributed by atoms with Crippen LogP contribution in [-0.2, 0) is 10.0 Å². The summed E-state index contributed by atoms with van der Waals surface area (Å²) in [5.41, 5.74) is 2.78. The van der Waals surface area contributed by atoms with E-state index in [9.17, 15) is 13.5 Å². The summed E-state index contributed by atoms with van der Waals surface area (Å²) in [6.07, 6.45) is -0.968. The van der Waals surface area contributed by atoms with E-state index in [4.69, 9.17) is 16.3 Å². The third kappa shape index (κ3) is 4.69. The first-order chi connectivity index (χ1) is 12.9. The van der Waals surface area contributed by atoms with Crippen LogP contribution in [0.3, 0.4) is 0 Å². The van der Waals surface area contributed by atoms with Crippen LogP contribution in [0.25, 0.3) is 11.1 Å². The van der Waals surface area contributed by atoms with Crippen molar-refractivity contribution in [1.29, 1.82) is 0 Å². The Balaban J connectivity index is 1.67. The van der Waals surface area contributed by atoms with Crippen molar-refractivity contribution >= 4 is 33.0 Å². The summed E-state index contributed by atoms with van der Waals surface area (Å²) in [6.45, 7) is -0.149. The molecule has 0 amide bonds. The van der Waals surface area contributed by atoms with Gasteiger partial charge in [-0.2, -0.15) is 11.3 Å². The van der Waals surface area contributed by atoms with Gasteiger partial charge in [0, 0.05) is 6.54 Å². The maximum absolute atomic E-state index is 12.4. The molecule has 0 bridgehead atoms. The molecule has 0 fully saturated rings. The Morgan fingerprint density at radius 2 is 1.89 bits per heavy atom. The van der Waals surface area contributed by atoms with Gasteiger partial charge >= 0.3 is 0 Å². The average Bonchev–Trinajstić information content (AvgIpc) is 3.21. The molecule has 1 aromatic heterocycles. The van der Waals surface area contributed by atoms with E-state index >= 15 is 0 Å². The van der Waals surface area contributed by atoms with Crippen molar-refractivity contribution in [2.45, 2.75) is 11.0 Å². The van der Waals surface area contributed by atoms with E-state index in [0.717, 1.165) is 11.1 Å². The molecule has 8 heteroatoms. The van der Waals surface area contributed by atoms with Crippen molar-refractivity contribution in [1.82, 2.24) is 4.72 Å². The molecular formula is C19H18ClNO4S2. The standard InChI is InChI=1S/C19H18ClNO4S2/c1-25-19-7-6-16(10-17(19)20)27(23,24)21-11-18(22)14-4-2-13(3-5-14)15-8-9-26-12-15/h2-10,12,18,21-22H,11H2,1H3/t18-/m0/s1. The third-order valence-corrected chi connectivity index (χ3v) is 6.45. The minimum Gasteiger partial charge on any atom is -0.495 e. The van der Waals surface area contributed by atoms with E-state index < -0.39 is 16.1 Å². The average molecular weight is 424 g/mol. The largest absolute Gasteiger partial charge is 0.495 e. The highest BCUT2D eigenvalue weighted by atomic mass is 35.5. The van der Waals surface area contributed by atoms with Crippen LogP contribution in [0.4, 0.5) is 0 Å². The summed E-state index contributed by atoms with van der Waals surface area (Å²) in [5, 5.41) is 14.6. The highest BCUT2D eigenvalue weighted by molar-refractivity contribution is 7.89. The van der Waals surface area contributed by atoms with Crippen molar-refractivity contribution in [2.75, 3.05) is 13.7 Å². The molecule has 1 atom stereocenters. The highest BCUT2D eigenvalue weighted by Crippen LogP contribution is 2.27. The first kappa shape index (κ1) is 19.9. The van der Waals surface area contributed by atoms with Gasteiger partial charge in [-0.3, -0.25) is 0 Å². The molecule has 0 aliphatic carbocycles. The monoisotopic (exact) mass is 423 g/mol. The molecule has 0 radical (unpaired) electrons. The number of hydrogen-bond donors (Lipinski definition) is 2. The fraction of sp³-hybridized carbons (Fsp3) is 0.158. The van der Waals surface area contributed by atoms with Gasteiger partial charge in [0.25, 0.3) is 0 Å². The minimum absolute atomic E-state index is 0.00769. The maximum Gasteiger partial charge on any atom is 0.240 e. The summed E-state index contributed by atoms with van der Waals surface area (Å²) < 4.78 is 32.2. The second-order valence-electron chi connectivity index (χ2n) is 5.80. The Morgan fingerprint density at radius 1 is 1.15 bits per heavy atom. The summed E-state index contributed by atoms with van der Waals surface area (Å²) >= 11 is 7.60. The molecule has 3 aromatic rings. The highest BCUT2D eigenvalue weighted by Gasteiger charge is 2.18. The van der Waals surface area contributed by atoms with E-state index in [-0.39, 0.29) is 16.5 Å².